The Bertz CT molecular complexity index is 598. The molecule has 2 aromatic carbocycles. The van der Waals surface area contributed by atoms with Gasteiger partial charge < -0.3 is 0 Å². The first-order valence-electron chi connectivity index (χ1n) is 5.61. The zero-order chi connectivity index (χ0) is 14.9. The number of halogens is 6. The van der Waals surface area contributed by atoms with Gasteiger partial charge in [0.15, 0.2) is 17.5 Å². The Labute approximate surface area is 116 Å². The fourth-order valence-electron chi connectivity index (χ4n) is 1.78. The molecule has 0 fully saturated rings. The number of alkyl halides is 1. The van der Waals surface area contributed by atoms with Gasteiger partial charge in [0.05, 0.1) is 5.38 Å². The quantitative estimate of drug-likeness (QED) is 0.429. The van der Waals surface area contributed by atoms with E-state index in [0.717, 1.165) is 12.1 Å². The Kier molecular flexibility index (Phi) is 4.28. The van der Waals surface area contributed by atoms with Crippen molar-refractivity contribution in [1.82, 2.24) is 0 Å². The zero-order valence-electron chi connectivity index (χ0n) is 9.94. The molecule has 0 N–H and O–H groups in total. The SMILES string of the molecule is Fc1cc(C(Cl)Cc2c(F)cccc2F)cc(F)c1F. The van der Waals surface area contributed by atoms with Crippen molar-refractivity contribution in [2.24, 2.45) is 0 Å². The maximum Gasteiger partial charge on any atom is 0.194 e. The van der Waals surface area contributed by atoms with Crippen molar-refractivity contribution in [3.63, 3.8) is 0 Å². The molecular formula is C14H8ClF5. The van der Waals surface area contributed by atoms with Crippen LogP contribution in [0.15, 0.2) is 30.3 Å². The summed E-state index contributed by atoms with van der Waals surface area (Å²) >= 11 is 5.89. The molecule has 0 radical (unpaired) electrons. The number of rotatable bonds is 3. The molecule has 0 aromatic heterocycles. The Morgan fingerprint density at radius 3 is 1.85 bits per heavy atom. The van der Waals surface area contributed by atoms with Gasteiger partial charge in [-0.25, -0.2) is 22.0 Å². The Balaban J connectivity index is 2.31. The van der Waals surface area contributed by atoms with Crippen LogP contribution in [0.1, 0.15) is 16.5 Å². The summed E-state index contributed by atoms with van der Waals surface area (Å²) in [7, 11) is 0. The number of hydrogen-bond acceptors (Lipinski definition) is 0. The molecule has 2 rings (SSSR count). The second-order valence-corrected chi connectivity index (χ2v) is 4.70. The molecular weight excluding hydrogens is 299 g/mol. The summed E-state index contributed by atoms with van der Waals surface area (Å²) in [6.07, 6.45) is -0.315. The van der Waals surface area contributed by atoms with Gasteiger partial charge in [0.2, 0.25) is 0 Å². The lowest BCUT2D eigenvalue weighted by molar-refractivity contribution is 0.445. The molecule has 0 aliphatic heterocycles. The van der Waals surface area contributed by atoms with Crippen molar-refractivity contribution >= 4 is 11.6 Å². The summed E-state index contributed by atoms with van der Waals surface area (Å²) in [5.41, 5.74) is -0.386. The van der Waals surface area contributed by atoms with Crippen LogP contribution in [-0.2, 0) is 6.42 Å². The molecule has 0 saturated heterocycles. The number of hydrogen-bond donors (Lipinski definition) is 0. The standard InChI is InChI=1S/C14H8ClF5/c15-9(6-8-10(16)2-1-3-11(8)17)7-4-12(18)14(20)13(19)5-7/h1-5,9H,6H2. The van der Waals surface area contributed by atoms with Crippen LogP contribution in [0, 0.1) is 29.1 Å². The zero-order valence-corrected chi connectivity index (χ0v) is 10.7. The highest BCUT2D eigenvalue weighted by molar-refractivity contribution is 6.20. The van der Waals surface area contributed by atoms with Gasteiger partial charge in [-0.15, -0.1) is 11.6 Å². The van der Waals surface area contributed by atoms with Gasteiger partial charge in [-0.3, -0.25) is 0 Å². The van der Waals surface area contributed by atoms with E-state index in [0.29, 0.717) is 12.1 Å². The maximum atomic E-state index is 13.4. The van der Waals surface area contributed by atoms with Gasteiger partial charge in [0.1, 0.15) is 11.6 Å². The van der Waals surface area contributed by atoms with Gasteiger partial charge >= 0.3 is 0 Å². The summed E-state index contributed by atoms with van der Waals surface area (Å²) in [6, 6.07) is 4.69. The summed E-state index contributed by atoms with van der Waals surface area (Å²) in [5.74, 6) is -6.04. The summed E-state index contributed by atoms with van der Waals surface area (Å²) in [5, 5.41) is -1.09. The van der Waals surface area contributed by atoms with Crippen LogP contribution in [0.3, 0.4) is 0 Å². The molecule has 20 heavy (non-hydrogen) atoms. The summed E-state index contributed by atoms with van der Waals surface area (Å²) in [6.45, 7) is 0. The van der Waals surface area contributed by atoms with Gasteiger partial charge in [-0.2, -0.15) is 0 Å². The smallest absolute Gasteiger partial charge is 0.194 e. The Hall–Kier alpha value is -1.62. The molecule has 2 aromatic rings. The van der Waals surface area contributed by atoms with Crippen LogP contribution < -0.4 is 0 Å². The van der Waals surface area contributed by atoms with Crippen molar-refractivity contribution in [3.8, 4) is 0 Å². The minimum absolute atomic E-state index is 0.0919. The van der Waals surface area contributed by atoms with Gasteiger partial charge in [0.25, 0.3) is 0 Å². The Morgan fingerprint density at radius 2 is 1.35 bits per heavy atom. The third-order valence-corrected chi connectivity index (χ3v) is 3.22. The molecule has 0 nitrogen and oxygen atoms in total. The third kappa shape index (κ3) is 2.93. The minimum Gasteiger partial charge on any atom is -0.207 e. The second kappa shape index (κ2) is 5.79. The van der Waals surface area contributed by atoms with Crippen LogP contribution in [0.2, 0.25) is 0 Å². The molecule has 106 valence electrons. The normalized spacial score (nSPS) is 12.5. The van der Waals surface area contributed by atoms with E-state index in [1.54, 1.807) is 0 Å². The molecule has 0 aliphatic carbocycles. The molecule has 0 spiro atoms. The average Bonchev–Trinajstić information content (AvgIpc) is 2.39. The summed E-state index contributed by atoms with van der Waals surface area (Å²) < 4.78 is 65.9. The van der Waals surface area contributed by atoms with Crippen LogP contribution in [-0.4, -0.2) is 0 Å². The van der Waals surface area contributed by atoms with E-state index in [4.69, 9.17) is 11.6 Å². The topological polar surface area (TPSA) is 0 Å². The first-order valence-corrected chi connectivity index (χ1v) is 6.05. The van der Waals surface area contributed by atoms with Crippen molar-refractivity contribution in [1.29, 1.82) is 0 Å². The maximum absolute atomic E-state index is 13.4. The lowest BCUT2D eigenvalue weighted by atomic mass is 10.0. The van der Waals surface area contributed by atoms with Crippen LogP contribution in [0.25, 0.3) is 0 Å². The van der Waals surface area contributed by atoms with E-state index < -0.39 is 34.5 Å². The monoisotopic (exact) mass is 306 g/mol. The van der Waals surface area contributed by atoms with E-state index in [1.807, 2.05) is 0 Å². The van der Waals surface area contributed by atoms with E-state index in [2.05, 4.69) is 0 Å². The van der Waals surface area contributed by atoms with Crippen molar-refractivity contribution in [2.45, 2.75) is 11.8 Å². The molecule has 1 atom stereocenters. The predicted molar refractivity (Wildman–Crippen MR) is 65.0 cm³/mol. The van der Waals surface area contributed by atoms with E-state index in [-0.39, 0.29) is 17.5 Å². The lowest BCUT2D eigenvalue weighted by Gasteiger charge is -2.12. The molecule has 0 saturated carbocycles. The molecule has 0 amide bonds. The highest BCUT2D eigenvalue weighted by Gasteiger charge is 2.19. The Morgan fingerprint density at radius 1 is 0.850 bits per heavy atom. The van der Waals surface area contributed by atoms with Crippen LogP contribution in [0.4, 0.5) is 22.0 Å². The van der Waals surface area contributed by atoms with Crippen LogP contribution >= 0.6 is 11.6 Å². The average molecular weight is 307 g/mol. The fourth-order valence-corrected chi connectivity index (χ4v) is 2.06. The lowest BCUT2D eigenvalue weighted by Crippen LogP contribution is -2.03. The first-order chi connectivity index (χ1) is 9.40. The first kappa shape index (κ1) is 14.8. The third-order valence-electron chi connectivity index (χ3n) is 2.81. The molecule has 0 aliphatic rings. The molecule has 1 unspecified atom stereocenters. The van der Waals surface area contributed by atoms with Gasteiger partial charge in [-0.1, -0.05) is 6.07 Å². The molecule has 0 heterocycles. The number of benzene rings is 2. The predicted octanol–water partition coefficient (Wildman–Crippen LogP) is 4.90. The van der Waals surface area contributed by atoms with E-state index in [1.165, 1.54) is 6.07 Å². The molecule has 6 heteroatoms. The largest absolute Gasteiger partial charge is 0.207 e. The van der Waals surface area contributed by atoms with E-state index in [9.17, 15) is 22.0 Å². The van der Waals surface area contributed by atoms with E-state index >= 15 is 0 Å². The fraction of sp³-hybridized carbons (Fsp3) is 0.143. The summed E-state index contributed by atoms with van der Waals surface area (Å²) in [4.78, 5) is 0. The van der Waals surface area contributed by atoms with Crippen molar-refractivity contribution in [3.05, 3.63) is 70.5 Å². The van der Waals surface area contributed by atoms with Crippen molar-refractivity contribution < 1.29 is 22.0 Å². The van der Waals surface area contributed by atoms with Gasteiger partial charge in [0, 0.05) is 5.56 Å². The van der Waals surface area contributed by atoms with Gasteiger partial charge in [-0.05, 0) is 36.2 Å². The highest BCUT2D eigenvalue weighted by Crippen LogP contribution is 2.29. The van der Waals surface area contributed by atoms with Crippen molar-refractivity contribution in [2.75, 3.05) is 0 Å². The minimum atomic E-state index is -1.62. The second-order valence-electron chi connectivity index (χ2n) is 4.17. The van der Waals surface area contributed by atoms with Crippen LogP contribution in [0.5, 0.6) is 0 Å². The molecule has 0 bridgehead atoms. The highest BCUT2D eigenvalue weighted by atomic mass is 35.5.